The Morgan fingerprint density at radius 1 is 1.50 bits per heavy atom. The van der Waals surface area contributed by atoms with E-state index in [4.69, 9.17) is 0 Å². The molecule has 2 rings (SSSR count). The summed E-state index contributed by atoms with van der Waals surface area (Å²) >= 11 is 0. The first-order chi connectivity index (χ1) is 4.97. The maximum Gasteiger partial charge on any atom is 0.107 e. The molecule has 0 bridgehead atoms. The number of aliphatic imine (C=N–C) groups is 1. The summed E-state index contributed by atoms with van der Waals surface area (Å²) in [5, 5.41) is 6.39. The first-order valence-corrected chi connectivity index (χ1v) is 3.63. The van der Waals surface area contributed by atoms with Crippen molar-refractivity contribution in [3.8, 4) is 0 Å². The first kappa shape index (κ1) is 5.92. The molecule has 3 heteroatoms. The van der Waals surface area contributed by atoms with Crippen LogP contribution in [0, 0.1) is 0 Å². The molecule has 2 heterocycles. The van der Waals surface area contributed by atoms with Crippen LogP contribution < -0.4 is 10.6 Å². The van der Waals surface area contributed by atoms with Crippen molar-refractivity contribution in [1.29, 1.82) is 0 Å². The van der Waals surface area contributed by atoms with Gasteiger partial charge >= 0.3 is 0 Å². The van der Waals surface area contributed by atoms with E-state index in [1.54, 1.807) is 0 Å². The molecule has 10 heavy (non-hydrogen) atoms. The van der Waals surface area contributed by atoms with E-state index in [1.165, 1.54) is 11.3 Å². The zero-order valence-corrected chi connectivity index (χ0v) is 5.85. The Labute approximate surface area is 60.2 Å². The van der Waals surface area contributed by atoms with Crippen LogP contribution in [0.1, 0.15) is 6.42 Å². The summed E-state index contributed by atoms with van der Waals surface area (Å²) < 4.78 is 0. The van der Waals surface area contributed by atoms with E-state index in [2.05, 4.69) is 21.8 Å². The third-order valence-electron chi connectivity index (χ3n) is 1.87. The molecule has 0 spiro atoms. The molecule has 1 fully saturated rings. The minimum Gasteiger partial charge on any atom is -0.372 e. The van der Waals surface area contributed by atoms with Crippen LogP contribution in [0.2, 0.25) is 0 Å². The molecule has 54 valence electrons. The summed E-state index contributed by atoms with van der Waals surface area (Å²) in [7, 11) is 0. The van der Waals surface area contributed by atoms with Crippen molar-refractivity contribution in [2.75, 3.05) is 19.8 Å². The van der Waals surface area contributed by atoms with Gasteiger partial charge in [0.25, 0.3) is 0 Å². The van der Waals surface area contributed by atoms with Crippen LogP contribution in [0.4, 0.5) is 0 Å². The Bertz CT molecular complexity index is 171. The van der Waals surface area contributed by atoms with Crippen LogP contribution in [-0.2, 0) is 0 Å². The zero-order chi connectivity index (χ0) is 6.81. The van der Waals surface area contributed by atoms with Gasteiger partial charge in [-0.15, -0.1) is 0 Å². The summed E-state index contributed by atoms with van der Waals surface area (Å²) in [4.78, 5) is 4.33. The standard InChI is InChI=1S/C7H11N3/c1-2-8-4-7-6(1)3-9-5-10-7/h3,8-9H,1-2,4-5H2. The van der Waals surface area contributed by atoms with Gasteiger partial charge in [-0.25, -0.2) is 0 Å². The fourth-order valence-electron chi connectivity index (χ4n) is 1.31. The van der Waals surface area contributed by atoms with Crippen LogP contribution in [-0.4, -0.2) is 25.5 Å². The Morgan fingerprint density at radius 2 is 2.50 bits per heavy atom. The minimum atomic E-state index is 0.751. The van der Waals surface area contributed by atoms with Gasteiger partial charge in [0.05, 0.1) is 5.71 Å². The lowest BCUT2D eigenvalue weighted by atomic mass is 10.0. The van der Waals surface area contributed by atoms with Crippen LogP contribution in [0.25, 0.3) is 0 Å². The highest BCUT2D eigenvalue weighted by Gasteiger charge is 2.13. The van der Waals surface area contributed by atoms with Gasteiger partial charge < -0.3 is 10.6 Å². The fourth-order valence-corrected chi connectivity index (χ4v) is 1.31. The molecule has 1 saturated heterocycles. The number of nitrogens with one attached hydrogen (secondary N) is 2. The second kappa shape index (κ2) is 2.42. The molecule has 2 aliphatic rings. The van der Waals surface area contributed by atoms with Crippen molar-refractivity contribution in [2.45, 2.75) is 6.42 Å². The Kier molecular flexibility index (Phi) is 1.43. The van der Waals surface area contributed by atoms with E-state index >= 15 is 0 Å². The summed E-state index contributed by atoms with van der Waals surface area (Å²) in [6.45, 7) is 2.79. The largest absolute Gasteiger partial charge is 0.372 e. The smallest absolute Gasteiger partial charge is 0.107 e. The number of nitrogens with zero attached hydrogens (tertiary/aromatic N) is 1. The molecule has 2 N–H and O–H groups in total. The van der Waals surface area contributed by atoms with E-state index in [1.807, 2.05) is 0 Å². The van der Waals surface area contributed by atoms with E-state index < -0.39 is 0 Å². The van der Waals surface area contributed by atoms with Gasteiger partial charge in [0.2, 0.25) is 0 Å². The second-order valence-corrected chi connectivity index (χ2v) is 2.56. The number of hydrogen-bond acceptors (Lipinski definition) is 3. The molecule has 0 atom stereocenters. The molecule has 0 aromatic rings. The number of piperidine rings is 1. The van der Waals surface area contributed by atoms with Crippen LogP contribution in [0.3, 0.4) is 0 Å². The summed E-state index contributed by atoms with van der Waals surface area (Å²) in [6.07, 6.45) is 3.20. The molecule has 0 aromatic carbocycles. The predicted molar refractivity (Wildman–Crippen MR) is 41.0 cm³/mol. The lowest BCUT2D eigenvalue weighted by Crippen LogP contribution is -2.35. The zero-order valence-electron chi connectivity index (χ0n) is 5.85. The molecule has 0 amide bonds. The van der Waals surface area contributed by atoms with Gasteiger partial charge in [0, 0.05) is 12.7 Å². The van der Waals surface area contributed by atoms with Crippen molar-refractivity contribution < 1.29 is 0 Å². The molecule has 2 aliphatic heterocycles. The molecular weight excluding hydrogens is 126 g/mol. The van der Waals surface area contributed by atoms with Crippen molar-refractivity contribution >= 4 is 5.71 Å². The van der Waals surface area contributed by atoms with Gasteiger partial charge in [-0.3, -0.25) is 4.99 Å². The number of hydrogen-bond donors (Lipinski definition) is 2. The second-order valence-electron chi connectivity index (χ2n) is 2.56. The Morgan fingerprint density at radius 3 is 3.40 bits per heavy atom. The van der Waals surface area contributed by atoms with Crippen LogP contribution in [0.15, 0.2) is 16.8 Å². The van der Waals surface area contributed by atoms with E-state index in [0.29, 0.717) is 0 Å². The SMILES string of the molecule is C1=C2CCNCC2=NCN1. The first-order valence-electron chi connectivity index (χ1n) is 3.63. The average molecular weight is 137 g/mol. The highest BCUT2D eigenvalue weighted by molar-refractivity contribution is 6.02. The normalized spacial score (nSPS) is 24.0. The number of rotatable bonds is 0. The lowest BCUT2D eigenvalue weighted by Gasteiger charge is -2.21. The highest BCUT2D eigenvalue weighted by Crippen LogP contribution is 2.08. The fraction of sp³-hybridized carbons (Fsp3) is 0.571. The van der Waals surface area contributed by atoms with Crippen LogP contribution >= 0.6 is 0 Å². The van der Waals surface area contributed by atoms with Crippen molar-refractivity contribution in [1.82, 2.24) is 10.6 Å². The van der Waals surface area contributed by atoms with Crippen molar-refractivity contribution in [3.05, 3.63) is 11.8 Å². The lowest BCUT2D eigenvalue weighted by molar-refractivity contribution is 0.707. The topological polar surface area (TPSA) is 36.4 Å². The summed E-state index contributed by atoms with van der Waals surface area (Å²) in [5.41, 5.74) is 2.62. The van der Waals surface area contributed by atoms with Gasteiger partial charge in [0.15, 0.2) is 0 Å². The molecule has 0 unspecified atom stereocenters. The Balaban J connectivity index is 2.19. The third kappa shape index (κ3) is 0.926. The molecule has 3 nitrogen and oxygen atoms in total. The van der Waals surface area contributed by atoms with E-state index in [0.717, 1.165) is 26.2 Å². The monoisotopic (exact) mass is 137 g/mol. The molecule has 0 radical (unpaired) electrons. The van der Waals surface area contributed by atoms with Gasteiger partial charge in [-0.05, 0) is 18.5 Å². The molecule has 0 aliphatic carbocycles. The van der Waals surface area contributed by atoms with Gasteiger partial charge in [-0.2, -0.15) is 0 Å². The minimum absolute atomic E-state index is 0.751. The average Bonchev–Trinajstić information content (AvgIpc) is 2.05. The van der Waals surface area contributed by atoms with Crippen molar-refractivity contribution in [3.63, 3.8) is 0 Å². The van der Waals surface area contributed by atoms with E-state index in [9.17, 15) is 0 Å². The molecule has 0 aromatic heterocycles. The van der Waals surface area contributed by atoms with Gasteiger partial charge in [-0.1, -0.05) is 0 Å². The summed E-state index contributed by atoms with van der Waals surface area (Å²) in [6, 6.07) is 0. The maximum absolute atomic E-state index is 4.33. The summed E-state index contributed by atoms with van der Waals surface area (Å²) in [5.74, 6) is 0. The van der Waals surface area contributed by atoms with Crippen molar-refractivity contribution in [2.24, 2.45) is 4.99 Å². The highest BCUT2D eigenvalue weighted by atomic mass is 15.0. The van der Waals surface area contributed by atoms with E-state index in [-0.39, 0.29) is 0 Å². The molecule has 0 saturated carbocycles. The van der Waals surface area contributed by atoms with Crippen LogP contribution in [0.5, 0.6) is 0 Å². The quantitative estimate of drug-likeness (QED) is 0.488. The predicted octanol–water partition coefficient (Wildman–Crippen LogP) is -0.135. The molecular formula is C7H11N3. The Hall–Kier alpha value is -0.830. The third-order valence-corrected chi connectivity index (χ3v) is 1.87. The number of fused-ring (bicyclic) bond motifs is 1. The maximum atomic E-state index is 4.33. The van der Waals surface area contributed by atoms with Gasteiger partial charge in [0.1, 0.15) is 6.67 Å².